The van der Waals surface area contributed by atoms with Crippen LogP contribution in [0.4, 0.5) is 0 Å². The first kappa shape index (κ1) is 17.0. The molecule has 0 spiro atoms. The van der Waals surface area contributed by atoms with Gasteiger partial charge in [-0.3, -0.25) is 9.36 Å². The lowest BCUT2D eigenvalue weighted by Gasteiger charge is -2.27. The SMILES string of the molecule is CCCN(C)C1=C2c3ncn(-c4ccc(C)cc4)c(=O)c3SC2NC=C1. The van der Waals surface area contributed by atoms with Gasteiger partial charge in [-0.2, -0.15) is 0 Å². The number of nitrogens with one attached hydrogen (secondary N) is 1. The molecular formula is C20H22N4OS. The lowest BCUT2D eigenvalue weighted by atomic mass is 10.1. The number of nitrogens with zero attached hydrogens (tertiary/aromatic N) is 3. The predicted octanol–water partition coefficient (Wildman–Crippen LogP) is 3.14. The van der Waals surface area contributed by atoms with Gasteiger partial charge in [0.15, 0.2) is 0 Å². The van der Waals surface area contributed by atoms with E-state index in [1.807, 2.05) is 37.4 Å². The fourth-order valence-corrected chi connectivity index (χ4v) is 4.60. The van der Waals surface area contributed by atoms with Crippen LogP contribution in [0.3, 0.4) is 0 Å². The van der Waals surface area contributed by atoms with Gasteiger partial charge in [-0.05, 0) is 37.8 Å². The fourth-order valence-electron chi connectivity index (χ4n) is 3.39. The Morgan fingerprint density at radius 3 is 2.81 bits per heavy atom. The molecule has 4 rings (SSSR count). The van der Waals surface area contributed by atoms with E-state index in [-0.39, 0.29) is 10.9 Å². The molecule has 3 heterocycles. The average Bonchev–Trinajstić information content (AvgIpc) is 3.03. The number of benzene rings is 1. The van der Waals surface area contributed by atoms with E-state index in [4.69, 9.17) is 0 Å². The second-order valence-electron chi connectivity index (χ2n) is 6.65. The van der Waals surface area contributed by atoms with Crippen LogP contribution in [0.1, 0.15) is 24.6 Å². The molecule has 2 aliphatic rings. The Bertz CT molecular complexity index is 959. The quantitative estimate of drug-likeness (QED) is 0.901. The van der Waals surface area contributed by atoms with Crippen LogP contribution >= 0.6 is 11.8 Å². The zero-order chi connectivity index (χ0) is 18.3. The number of aryl methyl sites for hydroxylation is 1. The van der Waals surface area contributed by atoms with Crippen LogP contribution in [-0.4, -0.2) is 33.4 Å². The van der Waals surface area contributed by atoms with E-state index in [2.05, 4.69) is 35.2 Å². The minimum atomic E-state index is -0.00922. The van der Waals surface area contributed by atoms with E-state index in [9.17, 15) is 4.79 Å². The van der Waals surface area contributed by atoms with Crippen molar-refractivity contribution in [3.8, 4) is 5.69 Å². The van der Waals surface area contributed by atoms with E-state index < -0.39 is 0 Å². The van der Waals surface area contributed by atoms with Crippen molar-refractivity contribution in [3.63, 3.8) is 0 Å². The first-order valence-corrected chi connectivity index (χ1v) is 9.71. The molecule has 6 heteroatoms. The van der Waals surface area contributed by atoms with Gasteiger partial charge in [-0.1, -0.05) is 36.4 Å². The minimum Gasteiger partial charge on any atom is -0.375 e. The Morgan fingerprint density at radius 2 is 2.08 bits per heavy atom. The Morgan fingerprint density at radius 1 is 1.31 bits per heavy atom. The van der Waals surface area contributed by atoms with Crippen molar-refractivity contribution in [2.75, 3.05) is 13.6 Å². The summed E-state index contributed by atoms with van der Waals surface area (Å²) in [5.41, 5.74) is 5.06. The van der Waals surface area contributed by atoms with Crippen LogP contribution in [-0.2, 0) is 0 Å². The summed E-state index contributed by atoms with van der Waals surface area (Å²) >= 11 is 1.56. The van der Waals surface area contributed by atoms with Crippen LogP contribution in [0.5, 0.6) is 0 Å². The zero-order valence-corrected chi connectivity index (χ0v) is 16.0. The van der Waals surface area contributed by atoms with Crippen molar-refractivity contribution in [2.45, 2.75) is 30.5 Å². The second kappa shape index (κ2) is 6.68. The highest BCUT2D eigenvalue weighted by Gasteiger charge is 2.35. The van der Waals surface area contributed by atoms with Crippen molar-refractivity contribution in [1.82, 2.24) is 19.8 Å². The van der Waals surface area contributed by atoms with E-state index in [0.717, 1.165) is 35.6 Å². The Labute approximate surface area is 157 Å². The largest absolute Gasteiger partial charge is 0.375 e. The summed E-state index contributed by atoms with van der Waals surface area (Å²) in [6.45, 7) is 5.17. The highest BCUT2D eigenvalue weighted by atomic mass is 32.2. The molecule has 0 radical (unpaired) electrons. The molecule has 1 unspecified atom stereocenters. The number of likely N-dealkylation sites (N-methyl/N-ethyl adjacent to an activating group) is 1. The number of dihydropyridines is 1. The lowest BCUT2D eigenvalue weighted by molar-refractivity contribution is 0.428. The topological polar surface area (TPSA) is 50.2 Å². The van der Waals surface area contributed by atoms with Crippen molar-refractivity contribution >= 4 is 17.3 Å². The molecule has 1 aromatic carbocycles. The summed E-state index contributed by atoms with van der Waals surface area (Å²) in [7, 11) is 2.09. The predicted molar refractivity (Wildman–Crippen MR) is 106 cm³/mol. The van der Waals surface area contributed by atoms with Crippen LogP contribution in [0.15, 0.2) is 58.3 Å². The number of hydrogen-bond acceptors (Lipinski definition) is 5. The van der Waals surface area contributed by atoms with Crippen molar-refractivity contribution in [2.24, 2.45) is 0 Å². The third-order valence-corrected chi connectivity index (χ3v) is 5.94. The maximum absolute atomic E-state index is 13.1. The molecule has 2 aromatic rings. The third kappa shape index (κ3) is 2.74. The molecule has 0 saturated carbocycles. The Hall–Kier alpha value is -2.47. The van der Waals surface area contributed by atoms with Crippen molar-refractivity contribution in [1.29, 1.82) is 0 Å². The maximum Gasteiger partial charge on any atom is 0.272 e. The lowest BCUT2D eigenvalue weighted by Crippen LogP contribution is -2.29. The molecule has 1 atom stereocenters. The molecule has 0 amide bonds. The standard InChI is InChI=1S/C20H22N4OS/c1-4-11-23(3)15-9-10-21-19-16(15)17-18(26-19)20(25)24(12-22-17)14-7-5-13(2)6-8-14/h5-10,12,19,21H,4,11H2,1-3H3. The fraction of sp³-hybridized carbons (Fsp3) is 0.300. The summed E-state index contributed by atoms with van der Waals surface area (Å²) in [5, 5.41) is 3.40. The van der Waals surface area contributed by atoms with Crippen molar-refractivity contribution in [3.05, 3.63) is 70.2 Å². The number of fused-ring (bicyclic) bond motifs is 3. The number of aromatic nitrogens is 2. The number of allylic oxidation sites excluding steroid dienone is 1. The van der Waals surface area contributed by atoms with E-state index in [1.165, 1.54) is 5.56 Å². The molecule has 134 valence electrons. The maximum atomic E-state index is 13.1. The van der Waals surface area contributed by atoms with Gasteiger partial charge in [-0.25, -0.2) is 4.98 Å². The molecule has 5 nitrogen and oxygen atoms in total. The van der Waals surface area contributed by atoms with Crippen LogP contribution < -0.4 is 10.9 Å². The monoisotopic (exact) mass is 366 g/mol. The molecule has 2 aliphatic heterocycles. The summed E-state index contributed by atoms with van der Waals surface area (Å²) in [6.07, 6.45) is 6.76. The summed E-state index contributed by atoms with van der Waals surface area (Å²) in [4.78, 5) is 20.7. The van der Waals surface area contributed by atoms with E-state index in [0.29, 0.717) is 4.90 Å². The third-order valence-electron chi connectivity index (χ3n) is 4.73. The molecule has 0 bridgehead atoms. The summed E-state index contributed by atoms with van der Waals surface area (Å²) < 4.78 is 1.63. The second-order valence-corrected chi connectivity index (χ2v) is 7.77. The molecule has 0 saturated heterocycles. The minimum absolute atomic E-state index is 0.00922. The number of rotatable bonds is 4. The highest BCUT2D eigenvalue weighted by Crippen LogP contribution is 2.44. The molecular weight excluding hydrogens is 344 g/mol. The van der Waals surface area contributed by atoms with Gasteiger partial charge in [0, 0.05) is 24.9 Å². The zero-order valence-electron chi connectivity index (χ0n) is 15.2. The first-order chi connectivity index (χ1) is 12.6. The highest BCUT2D eigenvalue weighted by molar-refractivity contribution is 8.00. The van der Waals surface area contributed by atoms with Crippen LogP contribution in [0.2, 0.25) is 0 Å². The van der Waals surface area contributed by atoms with E-state index in [1.54, 1.807) is 22.7 Å². The van der Waals surface area contributed by atoms with Crippen LogP contribution in [0, 0.1) is 6.92 Å². The smallest absolute Gasteiger partial charge is 0.272 e. The molecule has 1 aromatic heterocycles. The molecule has 1 N–H and O–H groups in total. The number of thioether (sulfide) groups is 1. The molecule has 0 aliphatic carbocycles. The van der Waals surface area contributed by atoms with Crippen molar-refractivity contribution < 1.29 is 0 Å². The first-order valence-electron chi connectivity index (χ1n) is 8.83. The average molecular weight is 366 g/mol. The van der Waals surface area contributed by atoms with Gasteiger partial charge in [0.05, 0.1) is 11.4 Å². The summed E-state index contributed by atoms with van der Waals surface area (Å²) in [5.74, 6) is 0. The van der Waals surface area contributed by atoms with Gasteiger partial charge in [0.25, 0.3) is 5.56 Å². The van der Waals surface area contributed by atoms with Crippen LogP contribution in [0.25, 0.3) is 11.3 Å². The van der Waals surface area contributed by atoms with Gasteiger partial charge >= 0.3 is 0 Å². The summed E-state index contributed by atoms with van der Waals surface area (Å²) in [6, 6.07) is 7.93. The number of hydrogen-bond donors (Lipinski definition) is 1. The Kier molecular flexibility index (Phi) is 4.36. The van der Waals surface area contributed by atoms with Gasteiger partial charge in [-0.15, -0.1) is 0 Å². The normalized spacial score (nSPS) is 17.7. The van der Waals surface area contributed by atoms with Gasteiger partial charge in [0.1, 0.15) is 16.6 Å². The molecule has 0 fully saturated rings. The molecule has 26 heavy (non-hydrogen) atoms. The van der Waals surface area contributed by atoms with Gasteiger partial charge < -0.3 is 10.2 Å². The Balaban J connectivity index is 1.83. The van der Waals surface area contributed by atoms with Gasteiger partial charge in [0.2, 0.25) is 0 Å². The van der Waals surface area contributed by atoms with E-state index >= 15 is 0 Å².